The lowest BCUT2D eigenvalue weighted by molar-refractivity contribution is 0.616. The maximum absolute atomic E-state index is 12.4. The summed E-state index contributed by atoms with van der Waals surface area (Å²) in [6.45, 7) is 6.08. The molecule has 0 saturated heterocycles. The van der Waals surface area contributed by atoms with Crippen molar-refractivity contribution in [1.82, 2.24) is 5.32 Å². The molecule has 0 radical (unpaired) electrons. The summed E-state index contributed by atoms with van der Waals surface area (Å²) in [4.78, 5) is 0. The highest BCUT2D eigenvalue weighted by Gasteiger charge is 2.24. The number of fused-ring (bicyclic) bond motifs is 1. The van der Waals surface area contributed by atoms with Crippen molar-refractivity contribution in [3.8, 4) is 0 Å². The molecule has 0 bridgehead atoms. The molecule has 20 heavy (non-hydrogen) atoms. The quantitative estimate of drug-likeness (QED) is 0.931. The van der Waals surface area contributed by atoms with Gasteiger partial charge in [-0.2, -0.15) is 0 Å². The minimum absolute atomic E-state index is 0.112. The van der Waals surface area contributed by atoms with Crippen molar-refractivity contribution >= 4 is 21.6 Å². The Bertz CT molecular complexity index is 610. The van der Waals surface area contributed by atoms with Gasteiger partial charge in [0.05, 0.1) is 0 Å². The summed E-state index contributed by atoms with van der Waals surface area (Å²) in [5.74, 6) is 0.633. The third kappa shape index (κ3) is 3.28. The zero-order chi connectivity index (χ0) is 14.8. The van der Waals surface area contributed by atoms with Crippen molar-refractivity contribution in [2.45, 2.75) is 31.6 Å². The first kappa shape index (κ1) is 15.2. The predicted molar refractivity (Wildman–Crippen MR) is 88.5 cm³/mol. The standard InChI is InChI=1S/C17H23NOS/c1-17(2,3)20(19)12-16(18-4)15-11-7-9-13-8-5-6-10-14(13)15/h5-11,16,18H,12H2,1-4H3. The number of hydrogen-bond donors (Lipinski definition) is 1. The zero-order valence-corrected chi connectivity index (χ0v) is 13.5. The van der Waals surface area contributed by atoms with Crippen molar-refractivity contribution in [3.05, 3.63) is 48.0 Å². The summed E-state index contributed by atoms with van der Waals surface area (Å²) in [5, 5.41) is 5.79. The Morgan fingerprint density at radius 2 is 1.75 bits per heavy atom. The van der Waals surface area contributed by atoms with E-state index in [1.807, 2.05) is 33.9 Å². The molecule has 3 heteroatoms. The molecule has 2 atom stereocenters. The average molecular weight is 289 g/mol. The van der Waals surface area contributed by atoms with Crippen LogP contribution in [0.25, 0.3) is 10.8 Å². The van der Waals surface area contributed by atoms with Crippen LogP contribution in [0.3, 0.4) is 0 Å². The van der Waals surface area contributed by atoms with Gasteiger partial charge < -0.3 is 5.32 Å². The van der Waals surface area contributed by atoms with Crippen LogP contribution in [0.2, 0.25) is 0 Å². The van der Waals surface area contributed by atoms with E-state index in [9.17, 15) is 4.21 Å². The highest BCUT2D eigenvalue weighted by atomic mass is 32.2. The molecule has 0 fully saturated rings. The predicted octanol–water partition coefficient (Wildman–Crippen LogP) is 3.65. The van der Waals surface area contributed by atoms with Gasteiger partial charge in [0.2, 0.25) is 0 Å². The van der Waals surface area contributed by atoms with E-state index in [0.29, 0.717) is 5.75 Å². The van der Waals surface area contributed by atoms with E-state index in [1.165, 1.54) is 16.3 Å². The van der Waals surface area contributed by atoms with Gasteiger partial charge in [0.15, 0.2) is 0 Å². The molecule has 2 rings (SSSR count). The molecule has 0 saturated carbocycles. The molecule has 0 spiro atoms. The second kappa shape index (κ2) is 6.06. The summed E-state index contributed by atoms with van der Waals surface area (Å²) in [5.41, 5.74) is 1.23. The number of nitrogens with one attached hydrogen (secondary N) is 1. The van der Waals surface area contributed by atoms with Crippen LogP contribution in [-0.4, -0.2) is 21.8 Å². The Hall–Kier alpha value is -1.19. The molecule has 0 heterocycles. The van der Waals surface area contributed by atoms with Crippen LogP contribution < -0.4 is 5.32 Å². The highest BCUT2D eigenvalue weighted by Crippen LogP contribution is 2.26. The van der Waals surface area contributed by atoms with E-state index in [1.54, 1.807) is 0 Å². The molecule has 2 nitrogen and oxygen atoms in total. The summed E-state index contributed by atoms with van der Waals surface area (Å²) in [6.07, 6.45) is 0. The fraction of sp³-hybridized carbons (Fsp3) is 0.412. The first-order valence-corrected chi connectivity index (χ1v) is 8.29. The SMILES string of the molecule is CNC(CS(=O)C(C)(C)C)c1cccc2ccccc12. The lowest BCUT2D eigenvalue weighted by Gasteiger charge is -2.24. The van der Waals surface area contributed by atoms with Crippen molar-refractivity contribution in [1.29, 1.82) is 0 Å². The Morgan fingerprint density at radius 3 is 2.40 bits per heavy atom. The molecule has 0 aliphatic carbocycles. The van der Waals surface area contributed by atoms with Gasteiger partial charge in [-0.1, -0.05) is 42.5 Å². The molecular weight excluding hydrogens is 266 g/mol. The largest absolute Gasteiger partial charge is 0.312 e. The Labute approximate surface area is 124 Å². The molecule has 0 aliphatic rings. The number of hydrogen-bond acceptors (Lipinski definition) is 2. The van der Waals surface area contributed by atoms with Crippen molar-refractivity contribution in [3.63, 3.8) is 0 Å². The van der Waals surface area contributed by atoms with Gasteiger partial charge in [0.25, 0.3) is 0 Å². The van der Waals surface area contributed by atoms with Crippen LogP contribution in [0.5, 0.6) is 0 Å². The molecule has 0 aromatic heterocycles. The van der Waals surface area contributed by atoms with Gasteiger partial charge in [0, 0.05) is 27.3 Å². The Balaban J connectivity index is 2.38. The maximum atomic E-state index is 12.4. The van der Waals surface area contributed by atoms with E-state index in [4.69, 9.17) is 0 Å². The van der Waals surface area contributed by atoms with Gasteiger partial charge in [-0.25, -0.2) is 0 Å². The third-order valence-electron chi connectivity index (χ3n) is 3.55. The van der Waals surface area contributed by atoms with Gasteiger partial charge in [-0.3, -0.25) is 4.21 Å². The fourth-order valence-corrected chi connectivity index (χ4v) is 3.43. The van der Waals surface area contributed by atoms with Gasteiger partial charge in [-0.05, 0) is 44.2 Å². The summed E-state index contributed by atoms with van der Waals surface area (Å²) in [6, 6.07) is 14.8. The molecule has 2 aromatic carbocycles. The topological polar surface area (TPSA) is 29.1 Å². The second-order valence-corrected chi connectivity index (χ2v) is 8.28. The minimum atomic E-state index is -0.873. The first-order chi connectivity index (χ1) is 9.43. The van der Waals surface area contributed by atoms with Crippen LogP contribution >= 0.6 is 0 Å². The summed E-state index contributed by atoms with van der Waals surface area (Å²) < 4.78 is 12.2. The molecule has 1 N–H and O–H groups in total. The monoisotopic (exact) mass is 289 g/mol. The molecule has 0 aliphatic heterocycles. The van der Waals surface area contributed by atoms with Crippen LogP contribution in [0, 0.1) is 0 Å². The van der Waals surface area contributed by atoms with E-state index in [-0.39, 0.29) is 10.8 Å². The van der Waals surface area contributed by atoms with E-state index < -0.39 is 10.8 Å². The Morgan fingerprint density at radius 1 is 1.10 bits per heavy atom. The zero-order valence-electron chi connectivity index (χ0n) is 12.6. The minimum Gasteiger partial charge on any atom is -0.312 e. The average Bonchev–Trinajstić information content (AvgIpc) is 2.43. The van der Waals surface area contributed by atoms with Crippen LogP contribution in [0.15, 0.2) is 42.5 Å². The Kier molecular flexibility index (Phi) is 4.61. The van der Waals surface area contributed by atoms with E-state index >= 15 is 0 Å². The molecule has 0 amide bonds. The van der Waals surface area contributed by atoms with E-state index in [2.05, 4.69) is 41.7 Å². The smallest absolute Gasteiger partial charge is 0.0440 e. The fourth-order valence-electron chi connectivity index (χ4n) is 2.28. The number of benzene rings is 2. The molecular formula is C17H23NOS. The molecule has 2 unspecified atom stereocenters. The van der Waals surface area contributed by atoms with E-state index in [0.717, 1.165) is 0 Å². The number of rotatable bonds is 4. The molecule has 2 aromatic rings. The maximum Gasteiger partial charge on any atom is 0.0440 e. The van der Waals surface area contributed by atoms with Crippen LogP contribution in [-0.2, 0) is 10.8 Å². The van der Waals surface area contributed by atoms with Gasteiger partial charge >= 0.3 is 0 Å². The van der Waals surface area contributed by atoms with Gasteiger partial charge in [-0.15, -0.1) is 0 Å². The first-order valence-electron chi connectivity index (χ1n) is 6.97. The van der Waals surface area contributed by atoms with Crippen LogP contribution in [0.1, 0.15) is 32.4 Å². The van der Waals surface area contributed by atoms with Crippen molar-refractivity contribution in [2.75, 3.05) is 12.8 Å². The normalized spacial score (nSPS) is 15.2. The van der Waals surface area contributed by atoms with Crippen LogP contribution in [0.4, 0.5) is 0 Å². The summed E-state index contributed by atoms with van der Waals surface area (Å²) >= 11 is 0. The van der Waals surface area contributed by atoms with Crippen molar-refractivity contribution in [2.24, 2.45) is 0 Å². The highest BCUT2D eigenvalue weighted by molar-refractivity contribution is 7.86. The third-order valence-corrected chi connectivity index (χ3v) is 5.55. The lowest BCUT2D eigenvalue weighted by atomic mass is 10.00. The molecule has 108 valence electrons. The summed E-state index contributed by atoms with van der Waals surface area (Å²) in [7, 11) is 1.06. The lowest BCUT2D eigenvalue weighted by Crippen LogP contribution is -2.31. The van der Waals surface area contributed by atoms with Crippen molar-refractivity contribution < 1.29 is 4.21 Å². The van der Waals surface area contributed by atoms with Gasteiger partial charge in [0.1, 0.15) is 0 Å². The second-order valence-electron chi connectivity index (χ2n) is 6.03.